The third kappa shape index (κ3) is 2.23. The second-order valence-electron chi connectivity index (χ2n) is 4.00. The van der Waals surface area contributed by atoms with Crippen molar-refractivity contribution >= 4 is 5.91 Å². The topological polar surface area (TPSA) is 84.6 Å². The Morgan fingerprint density at radius 1 is 1.75 bits per heavy atom. The molecule has 88 valence electrons. The van der Waals surface area contributed by atoms with Crippen LogP contribution in [0.2, 0.25) is 0 Å². The minimum Gasteiger partial charge on any atom is -0.394 e. The summed E-state index contributed by atoms with van der Waals surface area (Å²) >= 11 is 0. The highest BCUT2D eigenvalue weighted by molar-refractivity contribution is 5.93. The summed E-state index contributed by atoms with van der Waals surface area (Å²) in [5, 5.41) is 15.4. The van der Waals surface area contributed by atoms with Gasteiger partial charge in [0.15, 0.2) is 11.5 Å². The summed E-state index contributed by atoms with van der Waals surface area (Å²) in [5.74, 6) is 0.180. The molecule has 0 atom stereocenters. The van der Waals surface area contributed by atoms with Crippen LogP contribution in [-0.2, 0) is 11.3 Å². The minimum atomic E-state index is -0.433. The Labute approximate surface area is 92.6 Å². The van der Waals surface area contributed by atoms with E-state index in [0.717, 1.165) is 12.8 Å². The lowest BCUT2D eigenvalue weighted by molar-refractivity contribution is 0.0897. The van der Waals surface area contributed by atoms with Crippen LogP contribution >= 0.6 is 0 Å². The Morgan fingerprint density at radius 3 is 3.06 bits per heavy atom. The molecule has 1 aliphatic carbocycles. The predicted molar refractivity (Wildman–Crippen MR) is 53.7 cm³/mol. The number of hydrogen-bond acceptors (Lipinski definition) is 5. The van der Waals surface area contributed by atoms with Gasteiger partial charge in [-0.15, -0.1) is 0 Å². The van der Waals surface area contributed by atoms with E-state index in [1.54, 1.807) is 0 Å². The molecule has 1 aliphatic rings. The maximum absolute atomic E-state index is 11.7. The van der Waals surface area contributed by atoms with E-state index in [1.807, 2.05) is 0 Å². The Bertz CT molecular complexity index is 384. The molecule has 0 spiro atoms. The number of nitrogens with zero attached hydrogens (tertiary/aromatic N) is 1. The summed E-state index contributed by atoms with van der Waals surface area (Å²) in [7, 11) is 1.53. The van der Waals surface area contributed by atoms with Crippen LogP contribution in [0.15, 0.2) is 10.6 Å². The van der Waals surface area contributed by atoms with Gasteiger partial charge >= 0.3 is 0 Å². The molecule has 0 aromatic carbocycles. The zero-order valence-corrected chi connectivity index (χ0v) is 9.02. The van der Waals surface area contributed by atoms with Gasteiger partial charge in [-0.1, -0.05) is 5.16 Å². The average Bonchev–Trinajstić information content (AvgIpc) is 2.88. The zero-order chi connectivity index (χ0) is 11.6. The third-order valence-corrected chi connectivity index (χ3v) is 2.61. The van der Waals surface area contributed by atoms with E-state index in [4.69, 9.17) is 14.4 Å². The van der Waals surface area contributed by atoms with Crippen molar-refractivity contribution in [1.29, 1.82) is 0 Å². The third-order valence-electron chi connectivity index (χ3n) is 2.61. The number of amides is 1. The molecule has 0 aliphatic heterocycles. The number of carbonyl (C=O) groups excluding carboxylic acids is 1. The molecule has 0 saturated heterocycles. The summed E-state index contributed by atoms with van der Waals surface area (Å²) in [6.07, 6.45) is 1.61. The molecular weight excluding hydrogens is 212 g/mol. The van der Waals surface area contributed by atoms with Crippen molar-refractivity contribution in [3.05, 3.63) is 17.5 Å². The standard InChI is InChI=1S/C10H14N2O4/c1-15-5-7-4-8(12-16-7)9(14)11-10(6-13)2-3-10/h4,13H,2-3,5-6H2,1H3,(H,11,14). The molecule has 0 unspecified atom stereocenters. The van der Waals surface area contributed by atoms with Crippen LogP contribution in [0.25, 0.3) is 0 Å². The van der Waals surface area contributed by atoms with Crippen molar-refractivity contribution in [2.75, 3.05) is 13.7 Å². The molecule has 0 bridgehead atoms. The van der Waals surface area contributed by atoms with Gasteiger partial charge in [0.25, 0.3) is 5.91 Å². The molecule has 16 heavy (non-hydrogen) atoms. The van der Waals surface area contributed by atoms with Crippen molar-refractivity contribution in [3.63, 3.8) is 0 Å². The lowest BCUT2D eigenvalue weighted by Gasteiger charge is -2.12. The van der Waals surface area contributed by atoms with Crippen molar-refractivity contribution in [2.45, 2.75) is 25.0 Å². The maximum Gasteiger partial charge on any atom is 0.273 e. The fourth-order valence-corrected chi connectivity index (χ4v) is 1.41. The van der Waals surface area contributed by atoms with Crippen LogP contribution in [0.3, 0.4) is 0 Å². The lowest BCUT2D eigenvalue weighted by Crippen LogP contribution is -2.39. The lowest BCUT2D eigenvalue weighted by atomic mass is 10.2. The van der Waals surface area contributed by atoms with Crippen molar-refractivity contribution < 1.29 is 19.2 Å². The first kappa shape index (κ1) is 11.1. The van der Waals surface area contributed by atoms with E-state index in [-0.39, 0.29) is 24.8 Å². The molecule has 1 amide bonds. The largest absolute Gasteiger partial charge is 0.394 e. The van der Waals surface area contributed by atoms with Crippen molar-refractivity contribution in [3.8, 4) is 0 Å². The number of methoxy groups -OCH3 is 1. The van der Waals surface area contributed by atoms with Crippen molar-refractivity contribution in [1.82, 2.24) is 10.5 Å². The molecule has 1 heterocycles. The Balaban J connectivity index is 1.98. The predicted octanol–water partition coefficient (Wildman–Crippen LogP) is 0.0757. The fraction of sp³-hybridized carbons (Fsp3) is 0.600. The van der Waals surface area contributed by atoms with Crippen LogP contribution in [0.5, 0.6) is 0 Å². The van der Waals surface area contributed by atoms with E-state index in [2.05, 4.69) is 10.5 Å². The van der Waals surface area contributed by atoms with Gasteiger partial charge in [-0.25, -0.2) is 0 Å². The first-order valence-corrected chi connectivity index (χ1v) is 5.07. The number of aliphatic hydroxyl groups excluding tert-OH is 1. The number of aliphatic hydroxyl groups is 1. The number of ether oxygens (including phenoxy) is 1. The van der Waals surface area contributed by atoms with E-state index in [1.165, 1.54) is 13.2 Å². The first-order valence-electron chi connectivity index (χ1n) is 5.07. The van der Waals surface area contributed by atoms with Gasteiger partial charge in [0.05, 0.1) is 12.1 Å². The SMILES string of the molecule is COCc1cc(C(=O)NC2(CO)CC2)no1. The molecule has 1 fully saturated rings. The smallest absolute Gasteiger partial charge is 0.273 e. The fourth-order valence-electron chi connectivity index (χ4n) is 1.41. The van der Waals surface area contributed by atoms with Gasteiger partial charge in [0, 0.05) is 13.2 Å². The second-order valence-corrected chi connectivity index (χ2v) is 4.00. The van der Waals surface area contributed by atoms with Gasteiger partial charge in [-0.3, -0.25) is 4.79 Å². The van der Waals surface area contributed by atoms with Gasteiger partial charge < -0.3 is 19.7 Å². The van der Waals surface area contributed by atoms with E-state index >= 15 is 0 Å². The molecule has 1 saturated carbocycles. The summed E-state index contributed by atoms with van der Waals surface area (Å²) in [5.41, 5.74) is -0.218. The Morgan fingerprint density at radius 2 is 2.50 bits per heavy atom. The summed E-state index contributed by atoms with van der Waals surface area (Å²) in [6, 6.07) is 1.53. The Hall–Kier alpha value is -1.40. The second kappa shape index (κ2) is 4.23. The minimum absolute atomic E-state index is 0.0402. The number of aromatic nitrogens is 1. The summed E-state index contributed by atoms with van der Waals surface area (Å²) < 4.78 is 9.75. The molecule has 0 radical (unpaired) electrons. The highest BCUT2D eigenvalue weighted by Crippen LogP contribution is 2.34. The molecule has 6 nitrogen and oxygen atoms in total. The van der Waals surface area contributed by atoms with Crippen LogP contribution < -0.4 is 5.32 Å². The van der Waals surface area contributed by atoms with Gasteiger partial charge in [-0.2, -0.15) is 0 Å². The first-order chi connectivity index (χ1) is 7.69. The highest BCUT2D eigenvalue weighted by Gasteiger charge is 2.43. The average molecular weight is 226 g/mol. The van der Waals surface area contributed by atoms with Gasteiger partial charge in [-0.05, 0) is 12.8 Å². The number of nitrogens with one attached hydrogen (secondary N) is 1. The maximum atomic E-state index is 11.7. The van der Waals surface area contributed by atoms with Crippen LogP contribution in [-0.4, -0.2) is 35.4 Å². The molecule has 2 rings (SSSR count). The molecular formula is C10H14N2O4. The molecule has 6 heteroatoms. The van der Waals surface area contributed by atoms with E-state index in [9.17, 15) is 4.79 Å². The van der Waals surface area contributed by atoms with Crippen LogP contribution in [0, 0.1) is 0 Å². The molecule has 1 aromatic rings. The van der Waals surface area contributed by atoms with Crippen molar-refractivity contribution in [2.24, 2.45) is 0 Å². The zero-order valence-electron chi connectivity index (χ0n) is 9.02. The Kier molecular flexibility index (Phi) is 2.93. The van der Waals surface area contributed by atoms with Gasteiger partial charge in [0.1, 0.15) is 6.61 Å². The van der Waals surface area contributed by atoms with Crippen LogP contribution in [0.1, 0.15) is 29.1 Å². The normalized spacial score (nSPS) is 17.1. The molecule has 2 N–H and O–H groups in total. The number of rotatable bonds is 5. The highest BCUT2D eigenvalue weighted by atomic mass is 16.5. The monoisotopic (exact) mass is 226 g/mol. The van der Waals surface area contributed by atoms with Crippen LogP contribution in [0.4, 0.5) is 0 Å². The van der Waals surface area contributed by atoms with E-state index in [0.29, 0.717) is 5.76 Å². The number of hydrogen-bond donors (Lipinski definition) is 2. The summed E-state index contributed by atoms with van der Waals surface area (Å²) in [4.78, 5) is 11.7. The summed E-state index contributed by atoms with van der Waals surface area (Å²) in [6.45, 7) is 0.243. The molecule has 1 aromatic heterocycles. The van der Waals surface area contributed by atoms with E-state index < -0.39 is 5.54 Å². The van der Waals surface area contributed by atoms with Gasteiger partial charge in [0.2, 0.25) is 0 Å². The number of carbonyl (C=O) groups is 1. The quantitative estimate of drug-likeness (QED) is 0.742.